The van der Waals surface area contributed by atoms with Crippen molar-refractivity contribution in [3.63, 3.8) is 0 Å². The number of likely N-dealkylation sites (tertiary alicyclic amines) is 1. The van der Waals surface area contributed by atoms with Gasteiger partial charge >= 0.3 is 0 Å². The predicted octanol–water partition coefficient (Wildman–Crippen LogP) is 2.31. The van der Waals surface area contributed by atoms with Crippen LogP contribution in [-0.4, -0.2) is 49.6 Å². The number of piperidine rings is 1. The van der Waals surface area contributed by atoms with Crippen LogP contribution in [0.5, 0.6) is 0 Å². The number of rotatable bonds is 6. The van der Waals surface area contributed by atoms with Crippen molar-refractivity contribution in [2.24, 2.45) is 5.92 Å². The maximum absolute atomic E-state index is 12.3. The fourth-order valence-corrected chi connectivity index (χ4v) is 2.96. The van der Waals surface area contributed by atoms with Gasteiger partial charge in [0.15, 0.2) is 0 Å². The number of amides is 2. The van der Waals surface area contributed by atoms with Gasteiger partial charge in [-0.3, -0.25) is 9.59 Å². The number of carbonyl (C=O) groups excluding carboxylic acids is 2. The van der Waals surface area contributed by atoms with Gasteiger partial charge in [-0.1, -0.05) is 6.07 Å². The highest BCUT2D eigenvalue weighted by molar-refractivity contribution is 5.94. The van der Waals surface area contributed by atoms with Crippen LogP contribution in [0.3, 0.4) is 0 Å². The van der Waals surface area contributed by atoms with Crippen LogP contribution in [0.4, 0.5) is 0 Å². The third kappa shape index (κ3) is 5.06. The van der Waals surface area contributed by atoms with Gasteiger partial charge in [0.1, 0.15) is 6.61 Å². The molecule has 0 bridgehead atoms. The second-order valence-electron chi connectivity index (χ2n) is 6.49. The summed E-state index contributed by atoms with van der Waals surface area (Å²) in [5, 5.41) is 3.01. The lowest BCUT2D eigenvalue weighted by atomic mass is 9.97. The van der Waals surface area contributed by atoms with E-state index in [-0.39, 0.29) is 18.4 Å². The van der Waals surface area contributed by atoms with Crippen LogP contribution < -0.4 is 5.32 Å². The van der Waals surface area contributed by atoms with E-state index in [1.807, 2.05) is 43.9 Å². The molecule has 132 valence electrons. The van der Waals surface area contributed by atoms with Gasteiger partial charge in [0.2, 0.25) is 5.91 Å². The molecule has 0 aliphatic carbocycles. The highest BCUT2D eigenvalue weighted by Gasteiger charge is 2.24. The van der Waals surface area contributed by atoms with Crippen molar-refractivity contribution in [1.82, 2.24) is 10.2 Å². The second kappa shape index (κ2) is 8.83. The summed E-state index contributed by atoms with van der Waals surface area (Å²) >= 11 is 0. The molecule has 2 rings (SSSR count). The molecular weight excluding hydrogens is 304 g/mol. The highest BCUT2D eigenvalue weighted by Crippen LogP contribution is 2.16. The van der Waals surface area contributed by atoms with Crippen molar-refractivity contribution < 1.29 is 14.3 Å². The van der Waals surface area contributed by atoms with Gasteiger partial charge in [-0.15, -0.1) is 0 Å². The molecule has 1 aliphatic heterocycles. The van der Waals surface area contributed by atoms with Crippen LogP contribution in [0.2, 0.25) is 0 Å². The standard InChI is InChI=1S/C19H28N2O3/c1-4-24-13-18(22)21-9-5-6-16(12-21)11-20-19(23)17-8-7-14(2)15(3)10-17/h7-8,10,16H,4-6,9,11-13H2,1-3H3,(H,20,23). The van der Waals surface area contributed by atoms with Crippen LogP contribution in [0.25, 0.3) is 0 Å². The molecule has 5 heteroatoms. The SMILES string of the molecule is CCOCC(=O)N1CCCC(CNC(=O)c2ccc(C)c(C)c2)C1. The fraction of sp³-hybridized carbons (Fsp3) is 0.579. The van der Waals surface area contributed by atoms with E-state index >= 15 is 0 Å². The first-order chi connectivity index (χ1) is 11.5. The zero-order valence-electron chi connectivity index (χ0n) is 14.9. The minimum atomic E-state index is -0.0455. The van der Waals surface area contributed by atoms with Gasteiger partial charge in [-0.05, 0) is 62.8 Å². The van der Waals surface area contributed by atoms with Gasteiger partial charge in [0.05, 0.1) is 0 Å². The Morgan fingerprint density at radius 2 is 2.08 bits per heavy atom. The molecule has 24 heavy (non-hydrogen) atoms. The summed E-state index contributed by atoms with van der Waals surface area (Å²) in [6.07, 6.45) is 2.01. The summed E-state index contributed by atoms with van der Waals surface area (Å²) < 4.78 is 5.20. The van der Waals surface area contributed by atoms with Gasteiger partial charge in [-0.2, -0.15) is 0 Å². The van der Waals surface area contributed by atoms with Gasteiger partial charge < -0.3 is 15.0 Å². The molecule has 0 spiro atoms. The summed E-state index contributed by atoms with van der Waals surface area (Å²) in [6, 6.07) is 5.75. The monoisotopic (exact) mass is 332 g/mol. The van der Waals surface area contributed by atoms with Crippen molar-refractivity contribution in [3.8, 4) is 0 Å². The molecule has 1 aromatic carbocycles. The molecule has 0 saturated carbocycles. The topological polar surface area (TPSA) is 58.6 Å². The molecule has 1 aliphatic rings. The molecule has 1 atom stereocenters. The molecular formula is C19H28N2O3. The summed E-state index contributed by atoms with van der Waals surface area (Å²) in [7, 11) is 0. The fourth-order valence-electron chi connectivity index (χ4n) is 2.96. The lowest BCUT2D eigenvalue weighted by molar-refractivity contribution is -0.137. The Labute approximate surface area is 144 Å². The van der Waals surface area contributed by atoms with Gasteiger partial charge in [0.25, 0.3) is 5.91 Å². The largest absolute Gasteiger partial charge is 0.372 e. The van der Waals surface area contributed by atoms with Crippen molar-refractivity contribution in [3.05, 3.63) is 34.9 Å². The molecule has 1 aromatic rings. The van der Waals surface area contributed by atoms with E-state index in [1.54, 1.807) is 0 Å². The Morgan fingerprint density at radius 3 is 2.79 bits per heavy atom. The maximum Gasteiger partial charge on any atom is 0.251 e. The van der Waals surface area contributed by atoms with Crippen LogP contribution in [-0.2, 0) is 9.53 Å². The first-order valence-electron chi connectivity index (χ1n) is 8.72. The summed E-state index contributed by atoms with van der Waals surface area (Å²) in [4.78, 5) is 26.2. The molecule has 1 saturated heterocycles. The number of carbonyl (C=O) groups is 2. The highest BCUT2D eigenvalue weighted by atomic mass is 16.5. The van der Waals surface area contributed by atoms with Gasteiger partial charge in [0, 0.05) is 31.8 Å². The summed E-state index contributed by atoms with van der Waals surface area (Å²) in [5.41, 5.74) is 2.99. The van der Waals surface area contributed by atoms with E-state index in [1.165, 1.54) is 5.56 Å². The lowest BCUT2D eigenvalue weighted by Crippen LogP contribution is -2.45. The van der Waals surface area contributed by atoms with E-state index in [2.05, 4.69) is 5.32 Å². The number of hydrogen-bond donors (Lipinski definition) is 1. The zero-order valence-corrected chi connectivity index (χ0v) is 14.9. The molecule has 5 nitrogen and oxygen atoms in total. The van der Waals surface area contributed by atoms with Crippen molar-refractivity contribution in [2.45, 2.75) is 33.6 Å². The van der Waals surface area contributed by atoms with E-state index in [4.69, 9.17) is 4.74 Å². The normalized spacial score (nSPS) is 17.6. The first kappa shape index (κ1) is 18.5. The smallest absolute Gasteiger partial charge is 0.251 e. The molecule has 0 radical (unpaired) electrons. The lowest BCUT2D eigenvalue weighted by Gasteiger charge is -2.32. The second-order valence-corrected chi connectivity index (χ2v) is 6.49. The third-order valence-corrected chi connectivity index (χ3v) is 4.62. The maximum atomic E-state index is 12.3. The molecule has 1 N–H and O–H groups in total. The number of nitrogens with one attached hydrogen (secondary N) is 1. The van der Waals surface area contributed by atoms with Crippen molar-refractivity contribution >= 4 is 11.8 Å². The number of hydrogen-bond acceptors (Lipinski definition) is 3. The molecule has 1 unspecified atom stereocenters. The van der Waals surface area contributed by atoms with E-state index in [0.717, 1.165) is 24.9 Å². The van der Waals surface area contributed by atoms with Crippen LogP contribution in [0, 0.1) is 19.8 Å². The Balaban J connectivity index is 1.83. The minimum absolute atomic E-state index is 0.0436. The van der Waals surface area contributed by atoms with Crippen molar-refractivity contribution in [1.29, 1.82) is 0 Å². The predicted molar refractivity (Wildman–Crippen MR) is 94.0 cm³/mol. The third-order valence-electron chi connectivity index (χ3n) is 4.62. The summed E-state index contributed by atoms with van der Waals surface area (Å²) in [6.45, 7) is 8.71. The van der Waals surface area contributed by atoms with E-state index < -0.39 is 0 Å². The minimum Gasteiger partial charge on any atom is -0.372 e. The Morgan fingerprint density at radius 1 is 1.29 bits per heavy atom. The molecule has 0 aromatic heterocycles. The average Bonchev–Trinajstić information content (AvgIpc) is 2.60. The summed E-state index contributed by atoms with van der Waals surface area (Å²) in [5.74, 6) is 0.303. The number of aryl methyl sites for hydroxylation is 2. The molecule has 1 fully saturated rings. The number of nitrogens with zero attached hydrogens (tertiary/aromatic N) is 1. The van der Waals surface area contributed by atoms with E-state index in [9.17, 15) is 9.59 Å². The first-order valence-corrected chi connectivity index (χ1v) is 8.72. The van der Waals surface area contributed by atoms with Crippen molar-refractivity contribution in [2.75, 3.05) is 32.8 Å². The Kier molecular flexibility index (Phi) is 6.79. The van der Waals surface area contributed by atoms with Gasteiger partial charge in [-0.25, -0.2) is 0 Å². The quantitative estimate of drug-likeness (QED) is 0.870. The van der Waals surface area contributed by atoms with Crippen LogP contribution >= 0.6 is 0 Å². The Bertz CT molecular complexity index is 586. The molecule has 1 heterocycles. The number of benzene rings is 1. The van der Waals surface area contributed by atoms with E-state index in [0.29, 0.717) is 31.2 Å². The average molecular weight is 332 g/mol. The van der Waals surface area contributed by atoms with Crippen LogP contribution in [0.1, 0.15) is 41.3 Å². The zero-order chi connectivity index (χ0) is 17.5. The molecule has 2 amide bonds. The van der Waals surface area contributed by atoms with Crippen LogP contribution in [0.15, 0.2) is 18.2 Å². The number of ether oxygens (including phenoxy) is 1. The Hall–Kier alpha value is -1.88.